The molecule has 0 saturated carbocycles. The first-order valence-corrected chi connectivity index (χ1v) is 8.43. The molecule has 2 aromatic carbocycles. The lowest BCUT2D eigenvalue weighted by molar-refractivity contribution is -0.113. The first-order chi connectivity index (χ1) is 10.4. The molecule has 116 valence electrons. The Morgan fingerprint density at radius 2 is 1.50 bits per heavy atom. The smallest absolute Gasteiger partial charge is 0.234 e. The quantitative estimate of drug-likeness (QED) is 0.808. The summed E-state index contributed by atoms with van der Waals surface area (Å²) in [5.41, 5.74) is 6.87. The van der Waals surface area contributed by atoms with E-state index < -0.39 is 0 Å². The number of carbonyl (C=O) groups is 1. The maximum atomic E-state index is 12.2. The van der Waals surface area contributed by atoms with Crippen molar-refractivity contribution in [1.82, 2.24) is 0 Å². The zero-order chi connectivity index (χ0) is 16.3. The molecule has 2 nitrogen and oxygen atoms in total. The lowest BCUT2D eigenvalue weighted by Gasteiger charge is -2.13. The molecule has 0 aromatic heterocycles. The minimum atomic E-state index is 0.0433. The van der Waals surface area contributed by atoms with Gasteiger partial charge in [-0.1, -0.05) is 35.9 Å². The van der Waals surface area contributed by atoms with Crippen molar-refractivity contribution in [3.63, 3.8) is 0 Å². The summed E-state index contributed by atoms with van der Waals surface area (Å²) in [6.45, 7) is 10.3. The molecule has 0 aliphatic carbocycles. The van der Waals surface area contributed by atoms with Crippen molar-refractivity contribution < 1.29 is 4.79 Å². The van der Waals surface area contributed by atoms with E-state index in [0.29, 0.717) is 5.75 Å². The van der Waals surface area contributed by atoms with Gasteiger partial charge in [0.05, 0.1) is 5.75 Å². The fraction of sp³-hybridized carbons (Fsp3) is 0.316. The van der Waals surface area contributed by atoms with Gasteiger partial charge in [0, 0.05) is 10.6 Å². The maximum absolute atomic E-state index is 12.2. The Morgan fingerprint density at radius 1 is 0.955 bits per heavy atom. The van der Waals surface area contributed by atoms with Crippen molar-refractivity contribution in [2.75, 3.05) is 11.1 Å². The Morgan fingerprint density at radius 3 is 2.05 bits per heavy atom. The summed E-state index contributed by atoms with van der Waals surface area (Å²) in [4.78, 5) is 13.5. The van der Waals surface area contributed by atoms with Crippen molar-refractivity contribution >= 4 is 23.4 Å². The van der Waals surface area contributed by atoms with Gasteiger partial charge in [-0.05, 0) is 56.9 Å². The maximum Gasteiger partial charge on any atom is 0.234 e. The number of anilines is 1. The van der Waals surface area contributed by atoms with E-state index in [1.54, 1.807) is 11.8 Å². The number of hydrogen-bond acceptors (Lipinski definition) is 2. The highest BCUT2D eigenvalue weighted by Crippen LogP contribution is 2.28. The van der Waals surface area contributed by atoms with Gasteiger partial charge >= 0.3 is 0 Å². The molecule has 1 amide bonds. The monoisotopic (exact) mass is 313 g/mol. The predicted molar refractivity (Wildman–Crippen MR) is 95.9 cm³/mol. The van der Waals surface area contributed by atoms with Gasteiger partial charge in [-0.15, -0.1) is 11.8 Å². The third-order valence-corrected chi connectivity index (χ3v) is 5.04. The third-order valence-electron chi connectivity index (χ3n) is 3.70. The Bertz CT molecular complexity index is 663. The molecular weight excluding hydrogens is 290 g/mol. The summed E-state index contributed by atoms with van der Waals surface area (Å²) < 4.78 is 0. The van der Waals surface area contributed by atoms with Crippen LogP contribution in [-0.4, -0.2) is 11.7 Å². The predicted octanol–water partition coefficient (Wildman–Crippen LogP) is 4.96. The number of hydrogen-bond donors (Lipinski definition) is 1. The summed E-state index contributed by atoms with van der Waals surface area (Å²) in [7, 11) is 0. The summed E-state index contributed by atoms with van der Waals surface area (Å²) >= 11 is 1.61. The fourth-order valence-corrected chi connectivity index (χ4v) is 3.64. The van der Waals surface area contributed by atoms with Gasteiger partial charge in [-0.25, -0.2) is 0 Å². The fourth-order valence-electron chi connectivity index (χ4n) is 2.72. The second-order valence-corrected chi connectivity index (χ2v) is 6.82. The van der Waals surface area contributed by atoms with E-state index >= 15 is 0 Å². The van der Waals surface area contributed by atoms with Gasteiger partial charge in [0.2, 0.25) is 5.91 Å². The van der Waals surface area contributed by atoms with Crippen LogP contribution in [0.2, 0.25) is 0 Å². The normalized spacial score (nSPS) is 10.6. The second-order valence-electron chi connectivity index (χ2n) is 5.83. The first kappa shape index (κ1) is 16.6. The molecule has 0 bridgehead atoms. The second kappa shape index (κ2) is 7.01. The zero-order valence-corrected chi connectivity index (χ0v) is 14.7. The molecule has 0 heterocycles. The van der Waals surface area contributed by atoms with E-state index in [2.05, 4.69) is 38.2 Å². The molecule has 0 aliphatic rings. The van der Waals surface area contributed by atoms with Crippen LogP contribution in [0.4, 0.5) is 5.69 Å². The number of para-hydroxylation sites is 1. The van der Waals surface area contributed by atoms with E-state index in [4.69, 9.17) is 0 Å². The van der Waals surface area contributed by atoms with Crippen LogP contribution >= 0.6 is 11.8 Å². The van der Waals surface area contributed by atoms with E-state index in [-0.39, 0.29) is 5.91 Å². The molecular formula is C19H23NOS. The van der Waals surface area contributed by atoms with Crippen LogP contribution in [0.5, 0.6) is 0 Å². The molecule has 22 heavy (non-hydrogen) atoms. The van der Waals surface area contributed by atoms with Gasteiger partial charge in [0.1, 0.15) is 0 Å². The minimum absolute atomic E-state index is 0.0433. The van der Waals surface area contributed by atoms with Crippen molar-refractivity contribution in [2.24, 2.45) is 0 Å². The van der Waals surface area contributed by atoms with Crippen LogP contribution < -0.4 is 5.32 Å². The van der Waals surface area contributed by atoms with E-state index in [1.807, 2.05) is 32.0 Å². The number of carbonyl (C=O) groups excluding carboxylic acids is 1. The average molecular weight is 313 g/mol. The molecule has 1 N–H and O–H groups in total. The Hall–Kier alpha value is -1.74. The summed E-state index contributed by atoms with van der Waals surface area (Å²) in [6, 6.07) is 10.4. The Labute approximate surface area is 137 Å². The van der Waals surface area contributed by atoms with Crippen LogP contribution in [0.15, 0.2) is 35.2 Å². The van der Waals surface area contributed by atoms with Crippen LogP contribution in [0.1, 0.15) is 27.8 Å². The van der Waals surface area contributed by atoms with Crippen LogP contribution in [-0.2, 0) is 4.79 Å². The van der Waals surface area contributed by atoms with Gasteiger partial charge in [0.25, 0.3) is 0 Å². The summed E-state index contributed by atoms with van der Waals surface area (Å²) in [5, 5.41) is 3.04. The molecule has 0 radical (unpaired) electrons. The number of rotatable bonds is 4. The van der Waals surface area contributed by atoms with Crippen molar-refractivity contribution in [2.45, 2.75) is 39.5 Å². The number of benzene rings is 2. The molecule has 0 fully saturated rings. The standard InChI is InChI=1S/C19H23NOS/c1-12-9-15(4)19(16(5)10-12)22-11-17(21)20-18-13(2)7-6-8-14(18)3/h6-10H,11H2,1-5H3,(H,20,21). The lowest BCUT2D eigenvalue weighted by atomic mass is 10.1. The van der Waals surface area contributed by atoms with Crippen molar-refractivity contribution in [3.05, 3.63) is 58.1 Å². The molecule has 2 rings (SSSR count). The van der Waals surface area contributed by atoms with E-state index in [9.17, 15) is 4.79 Å². The zero-order valence-electron chi connectivity index (χ0n) is 13.9. The Kier molecular flexibility index (Phi) is 5.30. The van der Waals surface area contributed by atoms with Crippen LogP contribution in [0, 0.1) is 34.6 Å². The molecule has 3 heteroatoms. The van der Waals surface area contributed by atoms with E-state index in [0.717, 1.165) is 16.8 Å². The number of aryl methyl sites for hydroxylation is 5. The highest BCUT2D eigenvalue weighted by molar-refractivity contribution is 8.00. The van der Waals surface area contributed by atoms with Gasteiger partial charge in [-0.3, -0.25) is 4.79 Å². The van der Waals surface area contributed by atoms with Crippen molar-refractivity contribution in [1.29, 1.82) is 0 Å². The average Bonchev–Trinajstić information content (AvgIpc) is 2.42. The minimum Gasteiger partial charge on any atom is -0.325 e. The molecule has 0 spiro atoms. The highest BCUT2D eigenvalue weighted by atomic mass is 32.2. The SMILES string of the molecule is Cc1cc(C)c(SCC(=O)Nc2c(C)cccc2C)c(C)c1. The molecule has 0 saturated heterocycles. The van der Waals surface area contributed by atoms with Gasteiger partial charge in [-0.2, -0.15) is 0 Å². The molecule has 0 unspecified atom stereocenters. The first-order valence-electron chi connectivity index (χ1n) is 7.45. The highest BCUT2D eigenvalue weighted by Gasteiger charge is 2.10. The largest absolute Gasteiger partial charge is 0.325 e. The van der Waals surface area contributed by atoms with Gasteiger partial charge < -0.3 is 5.32 Å². The molecule has 2 aromatic rings. The molecule has 0 atom stereocenters. The number of amides is 1. The third kappa shape index (κ3) is 3.92. The van der Waals surface area contributed by atoms with Crippen LogP contribution in [0.3, 0.4) is 0 Å². The topological polar surface area (TPSA) is 29.1 Å². The van der Waals surface area contributed by atoms with Gasteiger partial charge in [0.15, 0.2) is 0 Å². The number of nitrogens with one attached hydrogen (secondary N) is 1. The summed E-state index contributed by atoms with van der Waals surface area (Å²) in [6.07, 6.45) is 0. The molecule has 0 aliphatic heterocycles. The Balaban J connectivity index is 2.05. The van der Waals surface area contributed by atoms with E-state index in [1.165, 1.54) is 21.6 Å². The summed E-state index contributed by atoms with van der Waals surface area (Å²) in [5.74, 6) is 0.472. The number of thioether (sulfide) groups is 1. The lowest BCUT2D eigenvalue weighted by Crippen LogP contribution is -2.16. The van der Waals surface area contributed by atoms with Crippen molar-refractivity contribution in [3.8, 4) is 0 Å². The van der Waals surface area contributed by atoms with Crippen LogP contribution in [0.25, 0.3) is 0 Å².